The summed E-state index contributed by atoms with van der Waals surface area (Å²) >= 11 is 0. The first kappa shape index (κ1) is 18.1. The maximum atomic E-state index is 12.6. The Kier molecular flexibility index (Phi) is 5.36. The van der Waals surface area contributed by atoms with Crippen LogP contribution in [0.25, 0.3) is 0 Å². The largest absolute Gasteiger partial charge is 0.493 e. The van der Waals surface area contributed by atoms with Crippen molar-refractivity contribution in [2.45, 2.75) is 26.7 Å². The Labute approximate surface area is 142 Å². The second-order valence-corrected chi connectivity index (χ2v) is 6.55. The number of nitrogens with zero attached hydrogens (tertiary/aromatic N) is 1. The van der Waals surface area contributed by atoms with Gasteiger partial charge in [-0.25, -0.2) is 0 Å². The van der Waals surface area contributed by atoms with Gasteiger partial charge in [-0.1, -0.05) is 19.9 Å². The second-order valence-electron chi connectivity index (χ2n) is 6.55. The summed E-state index contributed by atoms with van der Waals surface area (Å²) in [6.07, 6.45) is 0.714. The molecule has 0 bridgehead atoms. The number of benzene rings is 1. The lowest BCUT2D eigenvalue weighted by Crippen LogP contribution is -2.41. The monoisotopic (exact) mass is 335 g/mol. The van der Waals surface area contributed by atoms with Gasteiger partial charge in [0, 0.05) is 13.1 Å². The number of ether oxygens (including phenoxy) is 2. The molecule has 1 N–H and O–H groups in total. The van der Waals surface area contributed by atoms with Crippen LogP contribution < -0.4 is 9.47 Å². The predicted molar refractivity (Wildman–Crippen MR) is 89.4 cm³/mol. The van der Waals surface area contributed by atoms with Crippen LogP contribution in [-0.2, 0) is 16.0 Å². The lowest BCUT2D eigenvalue weighted by molar-refractivity contribution is -0.151. The lowest BCUT2D eigenvalue weighted by Gasteiger charge is -2.28. The quantitative estimate of drug-likeness (QED) is 0.862. The van der Waals surface area contributed by atoms with E-state index in [9.17, 15) is 14.7 Å². The maximum Gasteiger partial charge on any atom is 0.311 e. The highest BCUT2D eigenvalue weighted by Gasteiger charge is 2.48. The third-order valence-electron chi connectivity index (χ3n) is 4.99. The van der Waals surface area contributed by atoms with E-state index in [-0.39, 0.29) is 24.8 Å². The number of amides is 1. The minimum absolute atomic E-state index is 0.0196. The molecule has 1 aromatic carbocycles. The molecular formula is C18H25NO5. The third-order valence-corrected chi connectivity index (χ3v) is 4.99. The Hall–Kier alpha value is -2.24. The highest BCUT2D eigenvalue weighted by atomic mass is 16.5. The molecule has 0 aromatic heterocycles. The minimum Gasteiger partial charge on any atom is -0.493 e. The summed E-state index contributed by atoms with van der Waals surface area (Å²) in [4.78, 5) is 25.9. The van der Waals surface area contributed by atoms with Gasteiger partial charge < -0.3 is 19.5 Å². The van der Waals surface area contributed by atoms with E-state index < -0.39 is 11.4 Å². The van der Waals surface area contributed by atoms with Crippen LogP contribution in [0.1, 0.15) is 25.8 Å². The van der Waals surface area contributed by atoms with Crippen LogP contribution in [0.3, 0.4) is 0 Å². The third kappa shape index (κ3) is 3.32. The molecule has 0 spiro atoms. The van der Waals surface area contributed by atoms with Crippen LogP contribution in [-0.4, -0.2) is 49.2 Å². The Bertz CT molecular complexity index is 628. The summed E-state index contributed by atoms with van der Waals surface area (Å²) in [5.74, 6) is 0.282. The number of carboxylic acids is 1. The van der Waals surface area contributed by atoms with Crippen molar-refractivity contribution in [2.75, 3.05) is 27.3 Å². The zero-order valence-electron chi connectivity index (χ0n) is 14.7. The number of aliphatic carboxylic acids is 1. The Balaban J connectivity index is 2.10. The fraction of sp³-hybridized carbons (Fsp3) is 0.556. The number of carbonyl (C=O) groups is 2. The number of rotatable bonds is 6. The van der Waals surface area contributed by atoms with E-state index in [0.29, 0.717) is 24.5 Å². The van der Waals surface area contributed by atoms with E-state index in [2.05, 4.69) is 0 Å². The summed E-state index contributed by atoms with van der Waals surface area (Å²) in [6, 6.07) is 5.36. The standard InChI is InChI=1S/C18H25NO5/c1-12(2)18(17(21)22)7-8-19(11-18)16(20)10-13-5-6-14(23-3)15(9-13)24-4/h5-6,9,12H,7-8,10-11H2,1-4H3,(H,21,22). The van der Waals surface area contributed by atoms with Gasteiger partial charge in [0.15, 0.2) is 11.5 Å². The van der Waals surface area contributed by atoms with Crippen molar-refractivity contribution in [1.82, 2.24) is 4.90 Å². The summed E-state index contributed by atoms with van der Waals surface area (Å²) in [6.45, 7) is 4.55. The SMILES string of the molecule is COc1ccc(CC(=O)N2CCC(C(=O)O)(C(C)C)C2)cc1OC. The van der Waals surface area contributed by atoms with Crippen molar-refractivity contribution in [1.29, 1.82) is 0 Å². The van der Waals surface area contributed by atoms with Crippen molar-refractivity contribution in [3.8, 4) is 11.5 Å². The summed E-state index contributed by atoms with van der Waals surface area (Å²) in [7, 11) is 3.11. The molecule has 0 radical (unpaired) electrons. The van der Waals surface area contributed by atoms with Gasteiger partial charge in [-0.15, -0.1) is 0 Å². The van der Waals surface area contributed by atoms with Gasteiger partial charge in [0.05, 0.1) is 26.1 Å². The van der Waals surface area contributed by atoms with Crippen LogP contribution >= 0.6 is 0 Å². The van der Waals surface area contributed by atoms with Crippen molar-refractivity contribution in [3.63, 3.8) is 0 Å². The molecule has 1 heterocycles. The fourth-order valence-electron chi connectivity index (χ4n) is 3.22. The maximum absolute atomic E-state index is 12.6. The zero-order chi connectivity index (χ0) is 17.9. The molecule has 6 nitrogen and oxygen atoms in total. The van der Waals surface area contributed by atoms with E-state index in [4.69, 9.17) is 9.47 Å². The van der Waals surface area contributed by atoms with Gasteiger partial charge in [-0.05, 0) is 30.0 Å². The fourth-order valence-corrected chi connectivity index (χ4v) is 3.22. The lowest BCUT2D eigenvalue weighted by atomic mass is 9.76. The van der Waals surface area contributed by atoms with Gasteiger partial charge in [-0.2, -0.15) is 0 Å². The van der Waals surface area contributed by atoms with Crippen LogP contribution in [0, 0.1) is 11.3 Å². The average molecular weight is 335 g/mol. The Morgan fingerprint density at radius 2 is 1.92 bits per heavy atom. The van der Waals surface area contributed by atoms with Gasteiger partial charge in [0.25, 0.3) is 0 Å². The highest BCUT2D eigenvalue weighted by molar-refractivity contribution is 5.82. The molecule has 0 aliphatic carbocycles. The smallest absolute Gasteiger partial charge is 0.311 e. The molecule has 2 rings (SSSR count). The number of likely N-dealkylation sites (tertiary alicyclic amines) is 1. The first-order valence-corrected chi connectivity index (χ1v) is 8.06. The molecule has 1 aromatic rings. The number of carboxylic acid groups (broad SMARTS) is 1. The van der Waals surface area contributed by atoms with Crippen molar-refractivity contribution >= 4 is 11.9 Å². The van der Waals surface area contributed by atoms with Crippen LogP contribution in [0.5, 0.6) is 11.5 Å². The van der Waals surface area contributed by atoms with Crippen molar-refractivity contribution < 1.29 is 24.2 Å². The first-order chi connectivity index (χ1) is 11.3. The van der Waals surface area contributed by atoms with Gasteiger partial charge in [0.1, 0.15) is 0 Å². The van der Waals surface area contributed by atoms with E-state index in [0.717, 1.165) is 5.56 Å². The summed E-state index contributed by atoms with van der Waals surface area (Å²) < 4.78 is 10.4. The van der Waals surface area contributed by atoms with E-state index in [1.165, 1.54) is 0 Å². The van der Waals surface area contributed by atoms with Gasteiger partial charge >= 0.3 is 5.97 Å². The van der Waals surface area contributed by atoms with E-state index in [1.807, 2.05) is 19.9 Å². The molecule has 1 amide bonds. The molecule has 1 atom stereocenters. The Morgan fingerprint density at radius 1 is 1.25 bits per heavy atom. The molecule has 1 aliphatic rings. The van der Waals surface area contributed by atoms with Gasteiger partial charge in [0.2, 0.25) is 5.91 Å². The summed E-state index contributed by atoms with van der Waals surface area (Å²) in [5, 5.41) is 9.58. The molecular weight excluding hydrogens is 310 g/mol. The highest BCUT2D eigenvalue weighted by Crippen LogP contribution is 2.38. The van der Waals surface area contributed by atoms with Gasteiger partial charge in [-0.3, -0.25) is 9.59 Å². The average Bonchev–Trinajstić information content (AvgIpc) is 3.01. The number of hydrogen-bond donors (Lipinski definition) is 1. The van der Waals surface area contributed by atoms with Crippen molar-refractivity contribution in [2.24, 2.45) is 11.3 Å². The number of hydrogen-bond acceptors (Lipinski definition) is 4. The Morgan fingerprint density at radius 3 is 2.42 bits per heavy atom. The zero-order valence-corrected chi connectivity index (χ0v) is 14.7. The summed E-state index contributed by atoms with van der Waals surface area (Å²) in [5.41, 5.74) is -0.0252. The predicted octanol–water partition coefficient (Wildman–Crippen LogP) is 2.21. The molecule has 6 heteroatoms. The molecule has 1 saturated heterocycles. The molecule has 1 aliphatic heterocycles. The molecule has 1 fully saturated rings. The first-order valence-electron chi connectivity index (χ1n) is 8.06. The van der Waals surface area contributed by atoms with Crippen molar-refractivity contribution in [3.05, 3.63) is 23.8 Å². The van der Waals surface area contributed by atoms with Crippen LogP contribution in [0.2, 0.25) is 0 Å². The normalized spacial score (nSPS) is 20.3. The number of carbonyl (C=O) groups excluding carboxylic acids is 1. The molecule has 132 valence electrons. The van der Waals surface area contributed by atoms with E-state index in [1.54, 1.807) is 31.3 Å². The minimum atomic E-state index is -0.840. The molecule has 0 saturated carbocycles. The molecule has 1 unspecified atom stereocenters. The number of methoxy groups -OCH3 is 2. The second kappa shape index (κ2) is 7.11. The van der Waals surface area contributed by atoms with E-state index >= 15 is 0 Å². The van der Waals surface area contributed by atoms with Crippen LogP contribution in [0.15, 0.2) is 18.2 Å². The molecule has 24 heavy (non-hydrogen) atoms. The topological polar surface area (TPSA) is 76.1 Å². The van der Waals surface area contributed by atoms with Crippen LogP contribution in [0.4, 0.5) is 0 Å².